The van der Waals surface area contributed by atoms with Gasteiger partial charge in [-0.1, -0.05) is 0 Å². The number of nitrogens with zero attached hydrogens (tertiary/aromatic N) is 2. The molecule has 1 aromatic heterocycles. The number of halogens is 4. The Labute approximate surface area is 82.7 Å². The highest BCUT2D eigenvalue weighted by molar-refractivity contribution is 5.85. The number of carboxylic acids is 1. The third-order valence-electron chi connectivity index (χ3n) is 1.39. The predicted molar refractivity (Wildman–Crippen MR) is 42.4 cm³/mol. The lowest BCUT2D eigenvalue weighted by atomic mass is 10.3. The molecule has 0 saturated heterocycles. The van der Waals surface area contributed by atoms with E-state index < -0.39 is 23.5 Å². The van der Waals surface area contributed by atoms with Gasteiger partial charge in [0.25, 0.3) is 0 Å². The molecule has 0 bridgehead atoms. The van der Waals surface area contributed by atoms with Crippen LogP contribution in [0.15, 0.2) is 6.07 Å². The average Bonchev–Trinajstić information content (AvgIpc) is 2.29. The molecule has 14 heavy (non-hydrogen) atoms. The van der Waals surface area contributed by atoms with Crippen molar-refractivity contribution in [2.24, 2.45) is 7.05 Å². The van der Waals surface area contributed by atoms with Gasteiger partial charge < -0.3 is 5.11 Å². The van der Waals surface area contributed by atoms with Gasteiger partial charge in [-0.3, -0.25) is 4.68 Å². The SMILES string of the molecule is Cl.Cn1nc(C(F)(F)F)cc1C(=O)O. The van der Waals surface area contributed by atoms with Gasteiger partial charge in [-0.2, -0.15) is 18.3 Å². The molecule has 80 valence electrons. The molecule has 0 radical (unpaired) electrons. The standard InChI is InChI=1S/C6H5F3N2O2.ClH/c1-11-3(5(12)13)2-4(10-11)6(7,8)9;/h2H,1H3,(H,12,13);1H. The van der Waals surface area contributed by atoms with Gasteiger partial charge in [0.05, 0.1) is 0 Å². The highest BCUT2D eigenvalue weighted by Crippen LogP contribution is 2.28. The maximum atomic E-state index is 12.0. The topological polar surface area (TPSA) is 55.1 Å². The fraction of sp³-hybridized carbons (Fsp3) is 0.333. The van der Waals surface area contributed by atoms with Gasteiger partial charge in [-0.05, 0) is 0 Å². The van der Waals surface area contributed by atoms with Crippen molar-refractivity contribution in [1.82, 2.24) is 9.78 Å². The summed E-state index contributed by atoms with van der Waals surface area (Å²) in [5, 5.41) is 11.4. The Morgan fingerprint density at radius 3 is 2.29 bits per heavy atom. The molecule has 1 N–H and O–H groups in total. The molecule has 1 heterocycles. The van der Waals surface area contributed by atoms with Crippen LogP contribution in [0.25, 0.3) is 0 Å². The molecule has 1 aromatic rings. The molecule has 0 unspecified atom stereocenters. The van der Waals surface area contributed by atoms with E-state index in [2.05, 4.69) is 5.10 Å². The fourth-order valence-corrected chi connectivity index (χ4v) is 0.806. The van der Waals surface area contributed by atoms with Crippen molar-refractivity contribution in [3.63, 3.8) is 0 Å². The number of aromatic nitrogens is 2. The van der Waals surface area contributed by atoms with E-state index in [1.165, 1.54) is 0 Å². The third kappa shape index (κ3) is 2.38. The van der Waals surface area contributed by atoms with Gasteiger partial charge in [0.2, 0.25) is 0 Å². The van der Waals surface area contributed by atoms with Gasteiger partial charge in [0.15, 0.2) is 5.69 Å². The van der Waals surface area contributed by atoms with Gasteiger partial charge in [0.1, 0.15) is 5.69 Å². The second-order valence-corrected chi connectivity index (χ2v) is 2.34. The monoisotopic (exact) mass is 230 g/mol. The molecule has 1 rings (SSSR count). The lowest BCUT2D eigenvalue weighted by Gasteiger charge is -1.98. The number of hydrogen-bond acceptors (Lipinski definition) is 2. The second-order valence-electron chi connectivity index (χ2n) is 2.34. The summed E-state index contributed by atoms with van der Waals surface area (Å²) in [6, 6.07) is 0.488. The summed E-state index contributed by atoms with van der Waals surface area (Å²) in [5.41, 5.74) is -1.69. The Kier molecular flexibility index (Phi) is 3.53. The summed E-state index contributed by atoms with van der Waals surface area (Å²) >= 11 is 0. The van der Waals surface area contributed by atoms with Crippen LogP contribution >= 0.6 is 12.4 Å². The van der Waals surface area contributed by atoms with Crippen LogP contribution in [-0.4, -0.2) is 20.9 Å². The number of carbonyl (C=O) groups is 1. The molecule has 0 spiro atoms. The Hall–Kier alpha value is -1.24. The first kappa shape index (κ1) is 12.8. The average molecular weight is 231 g/mol. The van der Waals surface area contributed by atoms with Crippen molar-refractivity contribution in [3.8, 4) is 0 Å². The summed E-state index contributed by atoms with van der Waals surface area (Å²) in [6.07, 6.45) is -4.61. The lowest BCUT2D eigenvalue weighted by molar-refractivity contribution is -0.141. The number of alkyl halides is 3. The zero-order chi connectivity index (χ0) is 10.2. The molecular formula is C6H6ClF3N2O2. The fourth-order valence-electron chi connectivity index (χ4n) is 0.806. The largest absolute Gasteiger partial charge is 0.477 e. The minimum Gasteiger partial charge on any atom is -0.477 e. The predicted octanol–water partition coefficient (Wildman–Crippen LogP) is 1.56. The van der Waals surface area contributed by atoms with E-state index in [1.807, 2.05) is 0 Å². The van der Waals surface area contributed by atoms with Crippen molar-refractivity contribution in [2.75, 3.05) is 0 Å². The molecule has 0 aliphatic heterocycles. The van der Waals surface area contributed by atoms with E-state index in [0.717, 1.165) is 7.05 Å². The molecule has 0 amide bonds. The molecule has 4 nitrogen and oxygen atoms in total. The number of rotatable bonds is 1. The van der Waals surface area contributed by atoms with E-state index in [9.17, 15) is 18.0 Å². The van der Waals surface area contributed by atoms with Crippen LogP contribution in [0.4, 0.5) is 13.2 Å². The first-order valence-electron chi connectivity index (χ1n) is 3.17. The van der Waals surface area contributed by atoms with Crippen LogP contribution in [0.1, 0.15) is 16.2 Å². The normalized spacial score (nSPS) is 10.9. The molecule has 8 heteroatoms. The Bertz CT molecular complexity index is 347. The van der Waals surface area contributed by atoms with Crippen LogP contribution in [0, 0.1) is 0 Å². The maximum Gasteiger partial charge on any atom is 0.435 e. The molecule has 0 saturated carbocycles. The van der Waals surface area contributed by atoms with E-state index in [-0.39, 0.29) is 12.4 Å². The zero-order valence-corrected chi connectivity index (χ0v) is 7.69. The Balaban J connectivity index is 0.00000169. The summed E-state index contributed by atoms with van der Waals surface area (Å²) in [7, 11) is 1.14. The molecule has 0 atom stereocenters. The molecule has 0 aliphatic carbocycles. The first-order valence-corrected chi connectivity index (χ1v) is 3.17. The minimum atomic E-state index is -4.61. The quantitative estimate of drug-likeness (QED) is 0.797. The minimum absolute atomic E-state index is 0. The van der Waals surface area contributed by atoms with Crippen LogP contribution in [0.3, 0.4) is 0 Å². The summed E-state index contributed by atoms with van der Waals surface area (Å²) in [6.45, 7) is 0. The van der Waals surface area contributed by atoms with Crippen LogP contribution < -0.4 is 0 Å². The highest BCUT2D eigenvalue weighted by Gasteiger charge is 2.35. The van der Waals surface area contributed by atoms with Gasteiger partial charge in [0, 0.05) is 13.1 Å². The zero-order valence-electron chi connectivity index (χ0n) is 6.87. The van der Waals surface area contributed by atoms with E-state index in [1.54, 1.807) is 0 Å². The van der Waals surface area contributed by atoms with Crippen molar-refractivity contribution >= 4 is 18.4 Å². The van der Waals surface area contributed by atoms with E-state index in [0.29, 0.717) is 10.7 Å². The highest BCUT2D eigenvalue weighted by atomic mass is 35.5. The number of aromatic carboxylic acids is 1. The summed E-state index contributed by atoms with van der Waals surface area (Å²) in [4.78, 5) is 10.3. The van der Waals surface area contributed by atoms with Crippen LogP contribution in [0.2, 0.25) is 0 Å². The first-order chi connectivity index (χ1) is 5.82. The van der Waals surface area contributed by atoms with E-state index in [4.69, 9.17) is 5.11 Å². The molecule has 0 aliphatic rings. The molecule has 0 fully saturated rings. The molecule has 0 aromatic carbocycles. The van der Waals surface area contributed by atoms with Gasteiger partial charge in [-0.15, -0.1) is 12.4 Å². The smallest absolute Gasteiger partial charge is 0.435 e. The Morgan fingerprint density at radius 2 is 2.07 bits per heavy atom. The van der Waals surface area contributed by atoms with Gasteiger partial charge in [-0.25, -0.2) is 4.79 Å². The van der Waals surface area contributed by atoms with Crippen LogP contribution in [-0.2, 0) is 13.2 Å². The van der Waals surface area contributed by atoms with Gasteiger partial charge >= 0.3 is 12.1 Å². The van der Waals surface area contributed by atoms with Crippen molar-refractivity contribution in [1.29, 1.82) is 0 Å². The number of hydrogen-bond donors (Lipinski definition) is 1. The van der Waals surface area contributed by atoms with Crippen LogP contribution in [0.5, 0.6) is 0 Å². The number of carboxylic acid groups (broad SMARTS) is 1. The molecular weight excluding hydrogens is 225 g/mol. The Morgan fingerprint density at radius 1 is 1.57 bits per heavy atom. The van der Waals surface area contributed by atoms with Crippen molar-refractivity contribution < 1.29 is 23.1 Å². The summed E-state index contributed by atoms with van der Waals surface area (Å²) < 4.78 is 36.6. The van der Waals surface area contributed by atoms with E-state index >= 15 is 0 Å². The van der Waals surface area contributed by atoms with Crippen molar-refractivity contribution in [3.05, 3.63) is 17.5 Å². The third-order valence-corrected chi connectivity index (χ3v) is 1.39. The number of aryl methyl sites for hydroxylation is 1. The summed E-state index contributed by atoms with van der Waals surface area (Å²) in [5.74, 6) is -1.44. The maximum absolute atomic E-state index is 12.0. The lowest BCUT2D eigenvalue weighted by Crippen LogP contribution is -2.07. The van der Waals surface area contributed by atoms with Crippen molar-refractivity contribution in [2.45, 2.75) is 6.18 Å². The second kappa shape index (κ2) is 3.87.